The average molecular weight is 556 g/mol. The van der Waals surface area contributed by atoms with Crippen LogP contribution in [-0.4, -0.2) is 43.8 Å². The highest BCUT2D eigenvalue weighted by atomic mass is 35.5. The molecular formula is C29H34ClN3O4S. The molecule has 0 aliphatic heterocycles. The first-order chi connectivity index (χ1) is 17.9. The molecule has 9 heteroatoms. The molecule has 3 aromatic rings. The topological polar surface area (TPSA) is 86.8 Å². The van der Waals surface area contributed by atoms with E-state index in [2.05, 4.69) is 5.32 Å². The molecule has 3 rings (SSSR count). The Bertz CT molecular complexity index is 1370. The third-order valence-electron chi connectivity index (χ3n) is 6.20. The molecule has 0 aliphatic rings. The molecule has 0 radical (unpaired) electrons. The number of nitrogens with zero attached hydrogens (tertiary/aromatic N) is 2. The number of nitrogens with one attached hydrogen (secondary N) is 1. The van der Waals surface area contributed by atoms with Gasteiger partial charge in [0.2, 0.25) is 11.8 Å². The van der Waals surface area contributed by atoms with E-state index < -0.39 is 28.5 Å². The summed E-state index contributed by atoms with van der Waals surface area (Å²) in [6.07, 6.45) is 0. The third kappa shape index (κ3) is 7.14. The van der Waals surface area contributed by atoms with Crippen LogP contribution in [0.1, 0.15) is 37.5 Å². The van der Waals surface area contributed by atoms with Crippen molar-refractivity contribution >= 4 is 39.1 Å². The maximum atomic E-state index is 13.9. The van der Waals surface area contributed by atoms with Crippen molar-refractivity contribution in [1.82, 2.24) is 10.2 Å². The highest BCUT2D eigenvalue weighted by molar-refractivity contribution is 7.92. The van der Waals surface area contributed by atoms with E-state index in [0.717, 1.165) is 21.0 Å². The van der Waals surface area contributed by atoms with Gasteiger partial charge in [0.15, 0.2) is 0 Å². The van der Waals surface area contributed by atoms with Crippen LogP contribution in [0, 0.1) is 13.8 Å². The number of anilines is 1. The van der Waals surface area contributed by atoms with E-state index in [0.29, 0.717) is 10.7 Å². The van der Waals surface area contributed by atoms with Crippen LogP contribution in [0.2, 0.25) is 5.02 Å². The lowest BCUT2D eigenvalue weighted by Crippen LogP contribution is -2.52. The molecule has 0 unspecified atom stereocenters. The van der Waals surface area contributed by atoms with Gasteiger partial charge < -0.3 is 10.2 Å². The molecular weight excluding hydrogens is 522 g/mol. The standard InChI is InChI=1S/C29H34ClN3O4S/c1-20(2)31-29(35)23(5)32(18-24-9-7-6-8-22(24)4)28(34)19-33(26-14-12-25(30)13-15-26)38(36,37)27-16-10-21(3)11-17-27/h6-17,20,23H,18-19H2,1-5H3,(H,31,35)/t23-/m0/s1. The number of aryl methyl sites for hydroxylation is 2. The minimum absolute atomic E-state index is 0.0573. The molecule has 3 aromatic carbocycles. The van der Waals surface area contributed by atoms with Crippen LogP contribution in [0.4, 0.5) is 5.69 Å². The summed E-state index contributed by atoms with van der Waals surface area (Å²) in [5.74, 6) is -0.827. The Hall–Kier alpha value is -3.36. The van der Waals surface area contributed by atoms with E-state index in [-0.39, 0.29) is 23.4 Å². The highest BCUT2D eigenvalue weighted by Crippen LogP contribution is 2.26. The van der Waals surface area contributed by atoms with Crippen LogP contribution in [-0.2, 0) is 26.2 Å². The van der Waals surface area contributed by atoms with Gasteiger partial charge in [-0.1, -0.05) is 53.6 Å². The minimum atomic E-state index is -4.12. The van der Waals surface area contributed by atoms with E-state index in [1.54, 1.807) is 43.3 Å². The Kier molecular flexibility index (Phi) is 9.57. The van der Waals surface area contributed by atoms with Crippen molar-refractivity contribution in [3.05, 3.63) is 94.5 Å². The molecule has 1 N–H and O–H groups in total. The first-order valence-electron chi connectivity index (χ1n) is 12.4. The first kappa shape index (κ1) is 29.2. The summed E-state index contributed by atoms with van der Waals surface area (Å²) < 4.78 is 28.6. The Labute approximate surface area is 230 Å². The lowest BCUT2D eigenvalue weighted by atomic mass is 10.1. The van der Waals surface area contributed by atoms with E-state index >= 15 is 0 Å². The van der Waals surface area contributed by atoms with Gasteiger partial charge in [-0.15, -0.1) is 0 Å². The summed E-state index contributed by atoms with van der Waals surface area (Å²) >= 11 is 6.06. The van der Waals surface area contributed by atoms with Crippen molar-refractivity contribution in [2.75, 3.05) is 10.8 Å². The number of carbonyl (C=O) groups is 2. The van der Waals surface area contributed by atoms with Crippen molar-refractivity contribution in [3.63, 3.8) is 0 Å². The maximum absolute atomic E-state index is 13.9. The van der Waals surface area contributed by atoms with Crippen LogP contribution < -0.4 is 9.62 Å². The molecule has 2 amide bonds. The number of hydrogen-bond acceptors (Lipinski definition) is 4. The summed E-state index contributed by atoms with van der Waals surface area (Å²) in [5, 5.41) is 3.29. The van der Waals surface area contributed by atoms with E-state index in [1.165, 1.54) is 17.0 Å². The van der Waals surface area contributed by atoms with Gasteiger partial charge in [0.25, 0.3) is 10.0 Å². The normalized spacial score (nSPS) is 12.2. The average Bonchev–Trinajstić information content (AvgIpc) is 2.86. The Balaban J connectivity index is 2.03. The molecule has 7 nitrogen and oxygen atoms in total. The van der Waals surface area contributed by atoms with Crippen molar-refractivity contribution in [3.8, 4) is 0 Å². The number of sulfonamides is 1. The second kappa shape index (κ2) is 12.5. The lowest BCUT2D eigenvalue weighted by molar-refractivity contribution is -0.139. The smallest absolute Gasteiger partial charge is 0.264 e. The van der Waals surface area contributed by atoms with Gasteiger partial charge in [-0.2, -0.15) is 0 Å². The zero-order valence-electron chi connectivity index (χ0n) is 22.3. The summed E-state index contributed by atoms with van der Waals surface area (Å²) in [4.78, 5) is 28.3. The number of amides is 2. The van der Waals surface area contributed by atoms with Gasteiger partial charge in [-0.05, 0) is 82.1 Å². The number of halogens is 1. The van der Waals surface area contributed by atoms with Crippen LogP contribution >= 0.6 is 11.6 Å². The van der Waals surface area contributed by atoms with E-state index in [9.17, 15) is 18.0 Å². The lowest BCUT2D eigenvalue weighted by Gasteiger charge is -2.32. The van der Waals surface area contributed by atoms with Gasteiger partial charge >= 0.3 is 0 Å². The molecule has 38 heavy (non-hydrogen) atoms. The number of rotatable bonds is 10. The van der Waals surface area contributed by atoms with Crippen molar-refractivity contribution in [1.29, 1.82) is 0 Å². The van der Waals surface area contributed by atoms with Crippen molar-refractivity contribution in [2.24, 2.45) is 0 Å². The first-order valence-corrected chi connectivity index (χ1v) is 14.2. The van der Waals surface area contributed by atoms with Gasteiger partial charge in [0.1, 0.15) is 12.6 Å². The highest BCUT2D eigenvalue weighted by Gasteiger charge is 2.32. The number of hydrogen-bond donors (Lipinski definition) is 1. The fraction of sp³-hybridized carbons (Fsp3) is 0.310. The van der Waals surface area contributed by atoms with Gasteiger partial charge in [0.05, 0.1) is 10.6 Å². The van der Waals surface area contributed by atoms with Crippen molar-refractivity contribution < 1.29 is 18.0 Å². The van der Waals surface area contributed by atoms with E-state index in [4.69, 9.17) is 11.6 Å². The van der Waals surface area contributed by atoms with Crippen molar-refractivity contribution in [2.45, 2.75) is 58.1 Å². The summed E-state index contributed by atoms with van der Waals surface area (Å²) in [6, 6.07) is 19.3. The monoisotopic (exact) mass is 555 g/mol. The predicted molar refractivity (Wildman–Crippen MR) is 152 cm³/mol. The number of benzene rings is 3. The fourth-order valence-corrected chi connectivity index (χ4v) is 5.47. The van der Waals surface area contributed by atoms with Crippen LogP contribution in [0.3, 0.4) is 0 Å². The second-order valence-electron chi connectivity index (χ2n) is 9.59. The molecule has 0 heterocycles. The molecule has 0 spiro atoms. The molecule has 1 atom stereocenters. The summed E-state index contributed by atoms with van der Waals surface area (Å²) in [7, 11) is -4.12. The third-order valence-corrected chi connectivity index (χ3v) is 8.24. The van der Waals surface area contributed by atoms with Gasteiger partial charge in [0, 0.05) is 17.6 Å². The van der Waals surface area contributed by atoms with Crippen LogP contribution in [0.15, 0.2) is 77.7 Å². The van der Waals surface area contributed by atoms with Crippen LogP contribution in [0.25, 0.3) is 0 Å². The summed E-state index contributed by atoms with van der Waals surface area (Å²) in [6.45, 7) is 8.78. The zero-order chi connectivity index (χ0) is 28.0. The largest absolute Gasteiger partial charge is 0.352 e. The Morgan fingerprint density at radius 3 is 2.08 bits per heavy atom. The molecule has 0 aromatic heterocycles. The quantitative estimate of drug-likeness (QED) is 0.377. The molecule has 0 aliphatic carbocycles. The Morgan fingerprint density at radius 1 is 0.895 bits per heavy atom. The minimum Gasteiger partial charge on any atom is -0.352 e. The SMILES string of the molecule is Cc1ccc(S(=O)(=O)N(CC(=O)N(Cc2ccccc2C)[C@@H](C)C(=O)NC(C)C)c2ccc(Cl)cc2)cc1. The Morgan fingerprint density at radius 2 is 1.50 bits per heavy atom. The van der Waals surface area contributed by atoms with Gasteiger partial charge in [-0.3, -0.25) is 13.9 Å². The second-order valence-corrected chi connectivity index (χ2v) is 11.9. The zero-order valence-corrected chi connectivity index (χ0v) is 23.9. The predicted octanol–water partition coefficient (Wildman–Crippen LogP) is 5.09. The molecule has 0 saturated heterocycles. The fourth-order valence-electron chi connectivity index (χ4n) is 3.93. The molecule has 0 saturated carbocycles. The van der Waals surface area contributed by atoms with Crippen LogP contribution in [0.5, 0.6) is 0 Å². The molecule has 0 fully saturated rings. The molecule has 202 valence electrons. The maximum Gasteiger partial charge on any atom is 0.264 e. The summed E-state index contributed by atoms with van der Waals surface area (Å²) in [5.41, 5.74) is 3.03. The molecule has 0 bridgehead atoms. The number of carbonyl (C=O) groups excluding carboxylic acids is 2. The van der Waals surface area contributed by atoms with E-state index in [1.807, 2.05) is 52.0 Å². The van der Waals surface area contributed by atoms with Gasteiger partial charge in [-0.25, -0.2) is 8.42 Å².